The van der Waals surface area contributed by atoms with Gasteiger partial charge in [-0.2, -0.15) is 11.8 Å². The lowest BCUT2D eigenvalue weighted by Gasteiger charge is -2.40. The molecule has 0 saturated heterocycles. The molecule has 0 spiro atoms. The predicted octanol–water partition coefficient (Wildman–Crippen LogP) is 2.36. The van der Waals surface area contributed by atoms with Gasteiger partial charge in [0.25, 0.3) is 0 Å². The minimum atomic E-state index is -3.44. The predicted molar refractivity (Wildman–Crippen MR) is 89.1 cm³/mol. The van der Waals surface area contributed by atoms with E-state index in [1.807, 2.05) is 19.1 Å². The van der Waals surface area contributed by atoms with Crippen molar-refractivity contribution in [1.29, 1.82) is 0 Å². The first-order valence-corrected chi connectivity index (χ1v) is 10.1. The monoisotopic (exact) mass is 328 g/mol. The van der Waals surface area contributed by atoms with Crippen LogP contribution in [0, 0.1) is 0 Å². The zero-order valence-corrected chi connectivity index (χ0v) is 14.3. The molecule has 1 saturated carbocycles. The van der Waals surface area contributed by atoms with E-state index in [0.29, 0.717) is 18.0 Å². The van der Waals surface area contributed by atoms with Crippen LogP contribution in [0.2, 0.25) is 0 Å². The van der Waals surface area contributed by atoms with Crippen LogP contribution in [-0.2, 0) is 16.6 Å². The average Bonchev–Trinajstić information content (AvgIpc) is 2.44. The number of benzene rings is 1. The number of nitrogens with one attached hydrogen (secondary N) is 2. The molecular formula is C15H24N2O2S2. The van der Waals surface area contributed by atoms with Crippen molar-refractivity contribution in [3.05, 3.63) is 29.8 Å². The van der Waals surface area contributed by atoms with Gasteiger partial charge in [-0.3, -0.25) is 0 Å². The SMILES string of the molecule is CCNCc1ccccc1S(=O)(=O)NCC1(SC)CCC1. The minimum Gasteiger partial charge on any atom is -0.313 e. The van der Waals surface area contributed by atoms with Gasteiger partial charge in [-0.05, 0) is 37.3 Å². The smallest absolute Gasteiger partial charge is 0.240 e. The van der Waals surface area contributed by atoms with Gasteiger partial charge in [-0.15, -0.1) is 0 Å². The van der Waals surface area contributed by atoms with E-state index in [1.54, 1.807) is 23.9 Å². The van der Waals surface area contributed by atoms with E-state index in [4.69, 9.17) is 0 Å². The second-order valence-corrected chi connectivity index (χ2v) is 8.46. The molecule has 1 aliphatic carbocycles. The fourth-order valence-corrected chi connectivity index (χ4v) is 4.87. The molecular weight excluding hydrogens is 304 g/mol. The number of hydrogen-bond acceptors (Lipinski definition) is 4. The number of sulfonamides is 1. The van der Waals surface area contributed by atoms with Gasteiger partial charge in [0.2, 0.25) is 10.0 Å². The van der Waals surface area contributed by atoms with E-state index in [1.165, 1.54) is 6.42 Å². The van der Waals surface area contributed by atoms with E-state index in [9.17, 15) is 8.42 Å². The zero-order chi connectivity index (χ0) is 15.3. The molecule has 4 nitrogen and oxygen atoms in total. The summed E-state index contributed by atoms with van der Waals surface area (Å²) in [7, 11) is -3.44. The highest BCUT2D eigenvalue weighted by Gasteiger charge is 2.37. The molecule has 0 amide bonds. The van der Waals surface area contributed by atoms with Crippen LogP contribution in [-0.4, -0.2) is 32.5 Å². The van der Waals surface area contributed by atoms with Gasteiger partial charge in [0, 0.05) is 17.8 Å². The van der Waals surface area contributed by atoms with Crippen molar-refractivity contribution in [3.63, 3.8) is 0 Å². The summed E-state index contributed by atoms with van der Waals surface area (Å²) in [5, 5.41) is 3.19. The largest absolute Gasteiger partial charge is 0.313 e. The van der Waals surface area contributed by atoms with Crippen molar-refractivity contribution >= 4 is 21.8 Å². The third-order valence-electron chi connectivity index (χ3n) is 4.11. The molecule has 21 heavy (non-hydrogen) atoms. The van der Waals surface area contributed by atoms with E-state index in [0.717, 1.165) is 24.9 Å². The standard InChI is InChI=1S/C15H24N2O2S2/c1-3-16-11-13-7-4-5-8-14(13)21(18,19)17-12-15(20-2)9-6-10-15/h4-5,7-8,16-17H,3,6,9-12H2,1-2H3. The quantitative estimate of drug-likeness (QED) is 0.769. The Bertz CT molecular complexity index is 563. The van der Waals surface area contributed by atoms with Gasteiger partial charge in [-0.25, -0.2) is 13.1 Å². The molecule has 1 aromatic rings. The van der Waals surface area contributed by atoms with Gasteiger partial charge >= 0.3 is 0 Å². The first-order chi connectivity index (χ1) is 10.0. The van der Waals surface area contributed by atoms with Gasteiger partial charge in [-0.1, -0.05) is 31.5 Å². The first-order valence-electron chi connectivity index (χ1n) is 7.36. The first kappa shape index (κ1) is 16.8. The van der Waals surface area contributed by atoms with Gasteiger partial charge in [0.1, 0.15) is 0 Å². The van der Waals surface area contributed by atoms with Crippen LogP contribution in [0.15, 0.2) is 29.2 Å². The van der Waals surface area contributed by atoms with Crippen molar-refractivity contribution in [3.8, 4) is 0 Å². The maximum absolute atomic E-state index is 12.6. The molecule has 118 valence electrons. The molecule has 0 unspecified atom stereocenters. The van der Waals surface area contributed by atoms with Crippen LogP contribution in [0.3, 0.4) is 0 Å². The van der Waals surface area contributed by atoms with E-state index in [2.05, 4.69) is 16.3 Å². The molecule has 0 aliphatic heterocycles. The summed E-state index contributed by atoms with van der Waals surface area (Å²) in [6.07, 6.45) is 5.44. The van der Waals surface area contributed by atoms with Crippen LogP contribution in [0.1, 0.15) is 31.7 Å². The van der Waals surface area contributed by atoms with Gasteiger partial charge < -0.3 is 5.32 Å². The highest BCUT2D eigenvalue weighted by Crippen LogP contribution is 2.42. The summed E-state index contributed by atoms with van der Waals surface area (Å²) in [4.78, 5) is 0.390. The molecule has 6 heteroatoms. The number of hydrogen-bond donors (Lipinski definition) is 2. The number of rotatable bonds is 8. The second-order valence-electron chi connectivity index (χ2n) is 5.45. The molecule has 1 fully saturated rings. The summed E-state index contributed by atoms with van der Waals surface area (Å²) in [6, 6.07) is 7.20. The Hall–Kier alpha value is -0.560. The lowest BCUT2D eigenvalue weighted by Crippen LogP contribution is -2.45. The Kier molecular flexibility index (Phi) is 5.71. The van der Waals surface area contributed by atoms with Crippen molar-refractivity contribution in [2.24, 2.45) is 0 Å². The normalized spacial score (nSPS) is 17.4. The minimum absolute atomic E-state index is 0.101. The maximum Gasteiger partial charge on any atom is 0.240 e. The Balaban J connectivity index is 2.12. The Morgan fingerprint density at radius 3 is 2.57 bits per heavy atom. The van der Waals surface area contributed by atoms with Crippen molar-refractivity contribution in [2.45, 2.75) is 42.4 Å². The van der Waals surface area contributed by atoms with E-state index < -0.39 is 10.0 Å². The second kappa shape index (κ2) is 7.13. The Labute approximate surface area is 132 Å². The summed E-state index contributed by atoms with van der Waals surface area (Å²) < 4.78 is 28.1. The van der Waals surface area contributed by atoms with Crippen LogP contribution in [0.5, 0.6) is 0 Å². The highest BCUT2D eigenvalue weighted by atomic mass is 32.2. The maximum atomic E-state index is 12.6. The van der Waals surface area contributed by atoms with Crippen molar-refractivity contribution in [2.75, 3.05) is 19.3 Å². The summed E-state index contributed by atoms with van der Waals surface area (Å²) >= 11 is 1.77. The van der Waals surface area contributed by atoms with Gasteiger partial charge in [0.05, 0.1) is 4.90 Å². The third-order valence-corrected chi connectivity index (χ3v) is 7.03. The molecule has 1 aliphatic rings. The van der Waals surface area contributed by atoms with Crippen molar-refractivity contribution in [1.82, 2.24) is 10.0 Å². The van der Waals surface area contributed by atoms with Gasteiger partial charge in [0.15, 0.2) is 0 Å². The molecule has 1 aromatic carbocycles. The Morgan fingerprint density at radius 2 is 2.00 bits per heavy atom. The lowest BCUT2D eigenvalue weighted by atomic mass is 9.84. The lowest BCUT2D eigenvalue weighted by molar-refractivity contribution is 0.362. The highest BCUT2D eigenvalue weighted by molar-refractivity contribution is 8.00. The Morgan fingerprint density at radius 1 is 1.29 bits per heavy atom. The molecule has 0 radical (unpaired) electrons. The summed E-state index contributed by atoms with van der Waals surface area (Å²) in [5.41, 5.74) is 0.818. The zero-order valence-electron chi connectivity index (χ0n) is 12.7. The fraction of sp³-hybridized carbons (Fsp3) is 0.600. The molecule has 0 atom stereocenters. The fourth-order valence-electron chi connectivity index (χ4n) is 2.50. The van der Waals surface area contributed by atoms with E-state index >= 15 is 0 Å². The average molecular weight is 329 g/mol. The van der Waals surface area contributed by atoms with E-state index in [-0.39, 0.29) is 4.75 Å². The van der Waals surface area contributed by atoms with Crippen LogP contribution in [0.4, 0.5) is 0 Å². The molecule has 0 bridgehead atoms. The molecule has 0 aromatic heterocycles. The molecule has 2 rings (SSSR count). The van der Waals surface area contributed by atoms with Crippen LogP contribution >= 0.6 is 11.8 Å². The number of thioether (sulfide) groups is 1. The van der Waals surface area contributed by atoms with Crippen LogP contribution < -0.4 is 10.0 Å². The third kappa shape index (κ3) is 4.00. The molecule has 0 heterocycles. The van der Waals surface area contributed by atoms with Crippen molar-refractivity contribution < 1.29 is 8.42 Å². The van der Waals surface area contributed by atoms with Crippen LogP contribution in [0.25, 0.3) is 0 Å². The molecule has 2 N–H and O–H groups in total. The summed E-state index contributed by atoms with van der Waals surface area (Å²) in [5.74, 6) is 0. The summed E-state index contributed by atoms with van der Waals surface area (Å²) in [6.45, 7) is 3.92. The topological polar surface area (TPSA) is 58.2 Å².